The van der Waals surface area contributed by atoms with Crippen molar-refractivity contribution in [1.29, 1.82) is 0 Å². The van der Waals surface area contributed by atoms with E-state index in [4.69, 9.17) is 0 Å². The molecule has 0 amide bonds. The number of nitrogens with one attached hydrogen (secondary N) is 1. The molecular formula is C12H21N3. The second-order valence-corrected chi connectivity index (χ2v) is 4.60. The van der Waals surface area contributed by atoms with Crippen molar-refractivity contribution in [2.75, 3.05) is 13.1 Å². The number of hydrogen-bond acceptors (Lipinski definition) is 2. The molecule has 1 heterocycles. The van der Waals surface area contributed by atoms with Crippen LogP contribution in [0, 0.1) is 5.92 Å². The molecule has 1 aromatic rings. The van der Waals surface area contributed by atoms with Crippen molar-refractivity contribution >= 4 is 0 Å². The molecule has 1 fully saturated rings. The summed E-state index contributed by atoms with van der Waals surface area (Å²) in [6.07, 6.45) is 8.12. The predicted octanol–water partition coefficient (Wildman–Crippen LogP) is 1.91. The van der Waals surface area contributed by atoms with Crippen molar-refractivity contribution in [3.63, 3.8) is 0 Å². The van der Waals surface area contributed by atoms with Crippen LogP contribution in [0.2, 0.25) is 0 Å². The van der Waals surface area contributed by atoms with Crippen LogP contribution in [-0.2, 0) is 7.05 Å². The van der Waals surface area contributed by atoms with Gasteiger partial charge in [-0.1, -0.05) is 6.92 Å². The normalized spacial score (nSPS) is 25.2. The quantitative estimate of drug-likeness (QED) is 0.747. The van der Waals surface area contributed by atoms with Crippen molar-refractivity contribution in [3.8, 4) is 0 Å². The largest absolute Gasteiger partial charge is 0.316 e. The van der Waals surface area contributed by atoms with Gasteiger partial charge in [-0.2, -0.15) is 5.10 Å². The van der Waals surface area contributed by atoms with Gasteiger partial charge in [0.25, 0.3) is 0 Å². The van der Waals surface area contributed by atoms with E-state index in [2.05, 4.69) is 23.5 Å². The van der Waals surface area contributed by atoms with E-state index in [-0.39, 0.29) is 0 Å². The monoisotopic (exact) mass is 207 g/mol. The van der Waals surface area contributed by atoms with Gasteiger partial charge in [-0.05, 0) is 49.8 Å². The molecule has 0 aliphatic heterocycles. The zero-order valence-electron chi connectivity index (χ0n) is 9.74. The molecule has 2 unspecified atom stereocenters. The summed E-state index contributed by atoms with van der Waals surface area (Å²) in [5.41, 5.74) is 1.42. The lowest BCUT2D eigenvalue weighted by Crippen LogP contribution is -2.34. The van der Waals surface area contributed by atoms with Crippen LogP contribution in [0.3, 0.4) is 0 Å². The van der Waals surface area contributed by atoms with E-state index in [0.29, 0.717) is 0 Å². The van der Waals surface area contributed by atoms with Crippen LogP contribution in [0.25, 0.3) is 0 Å². The molecule has 0 spiro atoms. The topological polar surface area (TPSA) is 29.9 Å². The molecule has 2 rings (SSSR count). The maximum Gasteiger partial charge on any atom is 0.0524 e. The van der Waals surface area contributed by atoms with Gasteiger partial charge in [0, 0.05) is 13.2 Å². The smallest absolute Gasteiger partial charge is 0.0524 e. The summed E-state index contributed by atoms with van der Waals surface area (Å²) in [6.45, 7) is 4.54. The highest BCUT2D eigenvalue weighted by Crippen LogP contribution is 2.41. The van der Waals surface area contributed by atoms with Crippen molar-refractivity contribution in [1.82, 2.24) is 15.1 Å². The molecule has 15 heavy (non-hydrogen) atoms. The van der Waals surface area contributed by atoms with E-state index in [1.807, 2.05) is 17.9 Å². The highest BCUT2D eigenvalue weighted by atomic mass is 15.2. The van der Waals surface area contributed by atoms with Crippen LogP contribution in [0.15, 0.2) is 12.4 Å². The van der Waals surface area contributed by atoms with Gasteiger partial charge in [0.2, 0.25) is 0 Å². The lowest BCUT2D eigenvalue weighted by Gasteiger charge is -2.36. The Balaban J connectivity index is 1.83. The van der Waals surface area contributed by atoms with E-state index < -0.39 is 0 Å². The van der Waals surface area contributed by atoms with Gasteiger partial charge < -0.3 is 5.32 Å². The Kier molecular flexibility index (Phi) is 3.41. The first-order valence-electron chi connectivity index (χ1n) is 6.00. The minimum atomic E-state index is 0.753. The lowest BCUT2D eigenvalue weighted by atomic mass is 9.71. The van der Waals surface area contributed by atoms with Gasteiger partial charge >= 0.3 is 0 Å². The molecule has 3 nitrogen and oxygen atoms in total. The van der Waals surface area contributed by atoms with Crippen molar-refractivity contribution in [3.05, 3.63) is 18.0 Å². The molecule has 1 aliphatic carbocycles. The Morgan fingerprint density at radius 1 is 1.53 bits per heavy atom. The van der Waals surface area contributed by atoms with Gasteiger partial charge in [-0.15, -0.1) is 0 Å². The number of aryl methyl sites for hydroxylation is 1. The molecular weight excluding hydrogens is 186 g/mol. The highest BCUT2D eigenvalue weighted by Gasteiger charge is 2.32. The molecule has 84 valence electrons. The van der Waals surface area contributed by atoms with E-state index >= 15 is 0 Å². The summed E-state index contributed by atoms with van der Waals surface area (Å²) >= 11 is 0. The highest BCUT2D eigenvalue weighted by molar-refractivity contribution is 5.16. The minimum absolute atomic E-state index is 0.753. The van der Waals surface area contributed by atoms with Crippen LogP contribution in [-0.4, -0.2) is 22.9 Å². The summed E-state index contributed by atoms with van der Waals surface area (Å²) < 4.78 is 1.91. The summed E-state index contributed by atoms with van der Waals surface area (Å²) in [6, 6.07) is 0. The Hall–Kier alpha value is -0.830. The van der Waals surface area contributed by atoms with Crippen LogP contribution in [0.4, 0.5) is 0 Å². The second-order valence-electron chi connectivity index (χ2n) is 4.60. The average molecular weight is 207 g/mol. The number of nitrogens with zero attached hydrogens (tertiary/aromatic N) is 2. The maximum atomic E-state index is 4.25. The Labute approximate surface area is 91.9 Å². The van der Waals surface area contributed by atoms with Crippen molar-refractivity contribution in [2.45, 2.75) is 32.1 Å². The van der Waals surface area contributed by atoms with Crippen LogP contribution in [0.5, 0.6) is 0 Å². The molecule has 0 aromatic carbocycles. The third-order valence-electron chi connectivity index (χ3n) is 3.40. The third kappa shape index (κ3) is 2.40. The fourth-order valence-electron chi connectivity index (χ4n) is 2.35. The Bertz CT molecular complexity index is 306. The van der Waals surface area contributed by atoms with Gasteiger partial charge in [0.05, 0.1) is 6.20 Å². The van der Waals surface area contributed by atoms with Crippen molar-refractivity contribution in [2.24, 2.45) is 13.0 Å². The second kappa shape index (κ2) is 4.79. The van der Waals surface area contributed by atoms with E-state index in [1.165, 1.54) is 31.4 Å². The van der Waals surface area contributed by atoms with Crippen molar-refractivity contribution < 1.29 is 0 Å². The molecule has 0 saturated heterocycles. The third-order valence-corrected chi connectivity index (χ3v) is 3.40. The first-order valence-corrected chi connectivity index (χ1v) is 6.00. The molecule has 1 aliphatic rings. The summed E-state index contributed by atoms with van der Waals surface area (Å²) in [5, 5.41) is 7.76. The lowest BCUT2D eigenvalue weighted by molar-refractivity contribution is 0.246. The van der Waals surface area contributed by atoms with Gasteiger partial charge in [0.15, 0.2) is 0 Å². The van der Waals surface area contributed by atoms with Crippen LogP contribution >= 0.6 is 0 Å². The standard InChI is InChI=1S/C12H21N3/c1-3-6-13-7-10-4-5-12(10)11-8-14-15(2)9-11/h8-10,12-13H,3-7H2,1-2H3. The molecule has 0 bridgehead atoms. The number of hydrogen-bond donors (Lipinski definition) is 1. The number of rotatable bonds is 5. The Morgan fingerprint density at radius 3 is 2.93 bits per heavy atom. The van der Waals surface area contributed by atoms with Crippen LogP contribution in [0.1, 0.15) is 37.7 Å². The van der Waals surface area contributed by atoms with Crippen LogP contribution < -0.4 is 5.32 Å². The van der Waals surface area contributed by atoms with E-state index in [9.17, 15) is 0 Å². The average Bonchev–Trinajstić information content (AvgIpc) is 2.57. The SMILES string of the molecule is CCCNCC1CCC1c1cnn(C)c1. The van der Waals surface area contributed by atoms with Gasteiger partial charge in [-0.25, -0.2) is 0 Å². The summed E-state index contributed by atoms with van der Waals surface area (Å²) in [5.74, 6) is 1.59. The first-order chi connectivity index (χ1) is 7.31. The van der Waals surface area contributed by atoms with Gasteiger partial charge in [0.1, 0.15) is 0 Å². The minimum Gasteiger partial charge on any atom is -0.316 e. The molecule has 2 atom stereocenters. The van der Waals surface area contributed by atoms with E-state index in [1.54, 1.807) is 0 Å². The molecule has 1 aromatic heterocycles. The summed E-state index contributed by atoms with van der Waals surface area (Å²) in [4.78, 5) is 0. The summed E-state index contributed by atoms with van der Waals surface area (Å²) in [7, 11) is 1.99. The fraction of sp³-hybridized carbons (Fsp3) is 0.750. The number of aromatic nitrogens is 2. The zero-order valence-corrected chi connectivity index (χ0v) is 9.74. The molecule has 1 saturated carbocycles. The zero-order chi connectivity index (χ0) is 10.7. The predicted molar refractivity (Wildman–Crippen MR) is 61.8 cm³/mol. The molecule has 0 radical (unpaired) electrons. The molecule has 1 N–H and O–H groups in total. The Morgan fingerprint density at radius 2 is 2.40 bits per heavy atom. The first kappa shape index (κ1) is 10.7. The fourth-order valence-corrected chi connectivity index (χ4v) is 2.35. The van der Waals surface area contributed by atoms with Gasteiger partial charge in [-0.3, -0.25) is 4.68 Å². The van der Waals surface area contributed by atoms with E-state index in [0.717, 1.165) is 18.4 Å². The maximum absolute atomic E-state index is 4.25. The molecule has 3 heteroatoms.